The van der Waals surface area contributed by atoms with Gasteiger partial charge in [0, 0.05) is 23.6 Å². The molecule has 154 valence electrons. The van der Waals surface area contributed by atoms with E-state index in [1.54, 1.807) is 23.0 Å². The van der Waals surface area contributed by atoms with Crippen LogP contribution in [0, 0.1) is 0 Å². The summed E-state index contributed by atoms with van der Waals surface area (Å²) in [6.45, 7) is 0. The second-order valence-corrected chi connectivity index (χ2v) is 7.06. The number of hydrogen-bond acceptors (Lipinski definition) is 3. The first-order valence-corrected chi connectivity index (χ1v) is 10.00. The van der Waals surface area contributed by atoms with E-state index in [4.69, 9.17) is 0 Å². The number of nitrogens with one attached hydrogen (secondary N) is 2. The molecule has 6 nitrogen and oxygen atoms in total. The largest absolute Gasteiger partial charge is 0.345 e. The van der Waals surface area contributed by atoms with E-state index in [1.165, 1.54) is 0 Å². The average Bonchev–Trinajstić information content (AvgIpc) is 3.35. The maximum absolute atomic E-state index is 12.8. The molecule has 1 heterocycles. The van der Waals surface area contributed by atoms with E-state index in [-0.39, 0.29) is 18.2 Å². The number of anilines is 1. The summed E-state index contributed by atoms with van der Waals surface area (Å²) in [6.07, 6.45) is 3.64. The van der Waals surface area contributed by atoms with E-state index in [9.17, 15) is 9.59 Å². The molecule has 0 bridgehead atoms. The van der Waals surface area contributed by atoms with Crippen LogP contribution in [0.2, 0.25) is 0 Å². The summed E-state index contributed by atoms with van der Waals surface area (Å²) in [4.78, 5) is 25.5. The van der Waals surface area contributed by atoms with E-state index in [1.807, 2.05) is 85.1 Å². The minimum Gasteiger partial charge on any atom is -0.345 e. The zero-order valence-corrected chi connectivity index (χ0v) is 16.8. The molecule has 0 aliphatic heterocycles. The Morgan fingerprint density at radius 1 is 0.871 bits per heavy atom. The second kappa shape index (κ2) is 9.54. The Hall–Kier alpha value is -4.19. The van der Waals surface area contributed by atoms with Crippen LogP contribution in [0.25, 0.3) is 5.69 Å². The fraction of sp³-hybridized carbons (Fsp3) is 0.0800. The third-order valence-electron chi connectivity index (χ3n) is 4.83. The SMILES string of the molecule is O=C(C[C@@H](NC(=O)c1ccccc1)c1ccccc1)Nc1cccc(-n2cccn2)c1. The zero-order chi connectivity index (χ0) is 21.5. The molecule has 0 saturated carbocycles. The molecule has 0 spiro atoms. The third kappa shape index (κ3) is 5.25. The lowest BCUT2D eigenvalue weighted by Crippen LogP contribution is -2.31. The van der Waals surface area contributed by atoms with Crippen LogP contribution in [0.15, 0.2) is 103 Å². The van der Waals surface area contributed by atoms with Gasteiger partial charge in [-0.25, -0.2) is 4.68 Å². The average molecular weight is 410 g/mol. The molecule has 0 aliphatic carbocycles. The minimum absolute atomic E-state index is 0.106. The maximum atomic E-state index is 12.8. The number of benzene rings is 3. The highest BCUT2D eigenvalue weighted by atomic mass is 16.2. The summed E-state index contributed by atoms with van der Waals surface area (Å²) >= 11 is 0. The molecule has 4 rings (SSSR count). The fourth-order valence-electron chi connectivity index (χ4n) is 3.31. The number of amides is 2. The smallest absolute Gasteiger partial charge is 0.251 e. The van der Waals surface area contributed by atoms with Gasteiger partial charge in [0.05, 0.1) is 18.2 Å². The van der Waals surface area contributed by atoms with Crippen LogP contribution < -0.4 is 10.6 Å². The number of nitrogens with zero attached hydrogens (tertiary/aromatic N) is 2. The van der Waals surface area contributed by atoms with Crippen LogP contribution in [0.1, 0.15) is 28.4 Å². The van der Waals surface area contributed by atoms with E-state index in [0.29, 0.717) is 11.3 Å². The Morgan fingerprint density at radius 3 is 2.32 bits per heavy atom. The Kier molecular flexibility index (Phi) is 6.18. The summed E-state index contributed by atoms with van der Waals surface area (Å²) in [5.74, 6) is -0.414. The van der Waals surface area contributed by atoms with Crippen LogP contribution in [0.4, 0.5) is 5.69 Å². The second-order valence-electron chi connectivity index (χ2n) is 7.06. The molecule has 2 amide bonds. The Morgan fingerprint density at radius 2 is 1.61 bits per heavy atom. The van der Waals surface area contributed by atoms with Crippen molar-refractivity contribution in [2.24, 2.45) is 0 Å². The van der Waals surface area contributed by atoms with Crippen LogP contribution in [-0.2, 0) is 4.79 Å². The molecule has 4 aromatic rings. The van der Waals surface area contributed by atoms with E-state index < -0.39 is 6.04 Å². The molecule has 0 unspecified atom stereocenters. The predicted octanol–water partition coefficient (Wildman–Crippen LogP) is 4.37. The summed E-state index contributed by atoms with van der Waals surface area (Å²) in [5.41, 5.74) is 2.93. The lowest BCUT2D eigenvalue weighted by Gasteiger charge is -2.19. The highest BCUT2D eigenvalue weighted by Gasteiger charge is 2.19. The van der Waals surface area contributed by atoms with Crippen molar-refractivity contribution in [1.29, 1.82) is 0 Å². The molecule has 0 radical (unpaired) electrons. The molecule has 0 aliphatic rings. The van der Waals surface area contributed by atoms with Gasteiger partial charge in [0.15, 0.2) is 0 Å². The van der Waals surface area contributed by atoms with Gasteiger partial charge < -0.3 is 10.6 Å². The monoisotopic (exact) mass is 410 g/mol. The number of aromatic nitrogens is 2. The maximum Gasteiger partial charge on any atom is 0.251 e. The van der Waals surface area contributed by atoms with Crippen LogP contribution in [0.5, 0.6) is 0 Å². The van der Waals surface area contributed by atoms with Crippen molar-refractivity contribution in [3.63, 3.8) is 0 Å². The fourth-order valence-corrected chi connectivity index (χ4v) is 3.31. The molecule has 1 aromatic heterocycles. The van der Waals surface area contributed by atoms with Crippen molar-refractivity contribution in [2.75, 3.05) is 5.32 Å². The van der Waals surface area contributed by atoms with Crippen molar-refractivity contribution >= 4 is 17.5 Å². The van der Waals surface area contributed by atoms with Crippen LogP contribution in [-0.4, -0.2) is 21.6 Å². The molecule has 1 atom stereocenters. The van der Waals surface area contributed by atoms with Gasteiger partial charge in [-0.05, 0) is 42.0 Å². The lowest BCUT2D eigenvalue weighted by molar-refractivity contribution is -0.116. The van der Waals surface area contributed by atoms with Gasteiger partial charge in [-0.1, -0.05) is 54.6 Å². The van der Waals surface area contributed by atoms with E-state index in [0.717, 1.165) is 11.3 Å². The van der Waals surface area contributed by atoms with Crippen molar-refractivity contribution in [3.05, 3.63) is 115 Å². The Bertz CT molecular complexity index is 1140. The van der Waals surface area contributed by atoms with Gasteiger partial charge in [-0.3, -0.25) is 9.59 Å². The van der Waals surface area contributed by atoms with Gasteiger partial charge >= 0.3 is 0 Å². The van der Waals surface area contributed by atoms with Crippen molar-refractivity contribution < 1.29 is 9.59 Å². The van der Waals surface area contributed by atoms with Gasteiger partial charge in [0.1, 0.15) is 0 Å². The molecule has 6 heteroatoms. The summed E-state index contributed by atoms with van der Waals surface area (Å²) in [7, 11) is 0. The number of carbonyl (C=O) groups is 2. The topological polar surface area (TPSA) is 76.0 Å². The highest BCUT2D eigenvalue weighted by molar-refractivity contribution is 5.96. The third-order valence-corrected chi connectivity index (χ3v) is 4.83. The molecular formula is C25H22N4O2. The number of carbonyl (C=O) groups excluding carboxylic acids is 2. The number of rotatable bonds is 7. The predicted molar refractivity (Wildman–Crippen MR) is 120 cm³/mol. The molecule has 2 N–H and O–H groups in total. The van der Waals surface area contributed by atoms with Crippen molar-refractivity contribution in [3.8, 4) is 5.69 Å². The van der Waals surface area contributed by atoms with E-state index >= 15 is 0 Å². The first-order chi connectivity index (χ1) is 15.2. The first-order valence-electron chi connectivity index (χ1n) is 10.00. The van der Waals surface area contributed by atoms with Crippen molar-refractivity contribution in [1.82, 2.24) is 15.1 Å². The normalized spacial score (nSPS) is 11.5. The summed E-state index contributed by atoms with van der Waals surface area (Å²) in [5, 5.41) is 10.1. The van der Waals surface area contributed by atoms with E-state index in [2.05, 4.69) is 15.7 Å². The van der Waals surface area contributed by atoms with Gasteiger partial charge in [0.25, 0.3) is 5.91 Å². The molecule has 0 saturated heterocycles. The zero-order valence-electron chi connectivity index (χ0n) is 16.8. The summed E-state index contributed by atoms with van der Waals surface area (Å²) in [6, 6.07) is 27.3. The van der Waals surface area contributed by atoms with Gasteiger partial charge in [0.2, 0.25) is 5.91 Å². The van der Waals surface area contributed by atoms with Gasteiger partial charge in [-0.15, -0.1) is 0 Å². The summed E-state index contributed by atoms with van der Waals surface area (Å²) < 4.78 is 1.72. The first kappa shape index (κ1) is 20.1. The van der Waals surface area contributed by atoms with Gasteiger partial charge in [-0.2, -0.15) is 5.10 Å². The molecule has 31 heavy (non-hydrogen) atoms. The lowest BCUT2D eigenvalue weighted by atomic mass is 10.0. The van der Waals surface area contributed by atoms with Crippen LogP contribution in [0.3, 0.4) is 0 Å². The molecule has 0 fully saturated rings. The number of hydrogen-bond donors (Lipinski definition) is 2. The minimum atomic E-state index is -0.455. The standard InChI is InChI=1S/C25H22N4O2/c30-24(27-21-13-7-14-22(17-21)29-16-8-15-26-29)18-23(19-9-3-1-4-10-19)28-25(31)20-11-5-2-6-12-20/h1-17,23H,18H2,(H,27,30)(H,28,31)/t23-/m1/s1. The Labute approximate surface area is 180 Å². The molecular weight excluding hydrogens is 388 g/mol. The molecule has 3 aromatic carbocycles. The Balaban J connectivity index is 1.48. The quantitative estimate of drug-likeness (QED) is 0.475. The highest BCUT2D eigenvalue weighted by Crippen LogP contribution is 2.20. The van der Waals surface area contributed by atoms with Crippen LogP contribution >= 0.6 is 0 Å². The van der Waals surface area contributed by atoms with Crippen molar-refractivity contribution in [2.45, 2.75) is 12.5 Å².